The van der Waals surface area contributed by atoms with Gasteiger partial charge in [-0.1, -0.05) is 13.3 Å². The predicted octanol–water partition coefficient (Wildman–Crippen LogP) is 1.50. The molecule has 1 fully saturated rings. The lowest BCUT2D eigenvalue weighted by Gasteiger charge is -2.05. The van der Waals surface area contributed by atoms with E-state index >= 15 is 0 Å². The van der Waals surface area contributed by atoms with Gasteiger partial charge in [-0.2, -0.15) is 0 Å². The third kappa shape index (κ3) is 2.33. The number of nitrogen functional groups attached to an aromatic ring is 1. The lowest BCUT2D eigenvalue weighted by molar-refractivity contribution is 0.0949. The summed E-state index contributed by atoms with van der Waals surface area (Å²) in [6.45, 7) is 2.15. The first-order valence-electron chi connectivity index (χ1n) is 5.62. The monoisotopic (exact) mass is 219 g/mol. The summed E-state index contributed by atoms with van der Waals surface area (Å²) in [6.07, 6.45) is 2.26. The van der Waals surface area contributed by atoms with E-state index in [1.165, 1.54) is 0 Å². The zero-order valence-corrected chi connectivity index (χ0v) is 9.36. The van der Waals surface area contributed by atoms with Crippen molar-refractivity contribution in [1.29, 1.82) is 0 Å². The van der Waals surface area contributed by atoms with Gasteiger partial charge >= 0.3 is 0 Å². The quantitative estimate of drug-likeness (QED) is 0.531. The molecule has 0 aromatic heterocycles. The highest BCUT2D eigenvalue weighted by molar-refractivity contribution is 5.94. The SMILES string of the molecule is CCC1CC1NC(=O)c1ccc(NN)cc1. The van der Waals surface area contributed by atoms with E-state index in [1.54, 1.807) is 24.3 Å². The van der Waals surface area contributed by atoms with Gasteiger partial charge in [0.1, 0.15) is 0 Å². The molecule has 4 heteroatoms. The van der Waals surface area contributed by atoms with Crippen LogP contribution < -0.4 is 16.6 Å². The van der Waals surface area contributed by atoms with Crippen LogP contribution in [0.25, 0.3) is 0 Å². The molecule has 0 bridgehead atoms. The standard InChI is InChI=1S/C12H17N3O/c1-2-8-7-11(8)14-12(16)9-3-5-10(15-13)6-4-9/h3-6,8,11,15H,2,7,13H2,1H3,(H,14,16). The van der Waals surface area contributed by atoms with Gasteiger partial charge in [-0.3, -0.25) is 10.6 Å². The van der Waals surface area contributed by atoms with Gasteiger partial charge in [-0.05, 0) is 36.6 Å². The highest BCUT2D eigenvalue weighted by atomic mass is 16.1. The zero-order chi connectivity index (χ0) is 11.5. The number of rotatable bonds is 4. The predicted molar refractivity (Wildman–Crippen MR) is 63.9 cm³/mol. The van der Waals surface area contributed by atoms with Crippen LogP contribution in [-0.4, -0.2) is 11.9 Å². The summed E-state index contributed by atoms with van der Waals surface area (Å²) < 4.78 is 0. The minimum Gasteiger partial charge on any atom is -0.349 e. The van der Waals surface area contributed by atoms with Gasteiger partial charge in [0, 0.05) is 17.3 Å². The van der Waals surface area contributed by atoms with Crippen molar-refractivity contribution in [2.75, 3.05) is 5.43 Å². The molecule has 0 aliphatic heterocycles. The molecular weight excluding hydrogens is 202 g/mol. The van der Waals surface area contributed by atoms with Crippen molar-refractivity contribution < 1.29 is 4.79 Å². The topological polar surface area (TPSA) is 67.2 Å². The van der Waals surface area contributed by atoms with E-state index in [1.807, 2.05) is 0 Å². The first kappa shape index (κ1) is 11.0. The minimum atomic E-state index is 0.00419. The highest BCUT2D eigenvalue weighted by Gasteiger charge is 2.36. The molecule has 1 aromatic carbocycles. The molecule has 1 saturated carbocycles. The van der Waals surface area contributed by atoms with E-state index in [0.717, 1.165) is 18.5 Å². The molecule has 0 heterocycles. The van der Waals surface area contributed by atoms with Crippen LogP contribution in [0.4, 0.5) is 5.69 Å². The Labute approximate surface area is 95.2 Å². The van der Waals surface area contributed by atoms with Gasteiger partial charge < -0.3 is 10.7 Å². The Kier molecular flexibility index (Phi) is 3.10. The van der Waals surface area contributed by atoms with Crippen LogP contribution in [0.1, 0.15) is 30.1 Å². The second-order valence-corrected chi connectivity index (χ2v) is 4.21. The summed E-state index contributed by atoms with van der Waals surface area (Å²) in [4.78, 5) is 11.8. The van der Waals surface area contributed by atoms with Crippen LogP contribution in [0.15, 0.2) is 24.3 Å². The first-order chi connectivity index (χ1) is 7.74. The van der Waals surface area contributed by atoms with E-state index < -0.39 is 0 Å². The number of hydrogen-bond donors (Lipinski definition) is 3. The Bertz CT molecular complexity index is 374. The molecule has 0 saturated heterocycles. The number of anilines is 1. The fourth-order valence-corrected chi connectivity index (χ4v) is 1.85. The maximum absolute atomic E-state index is 11.8. The van der Waals surface area contributed by atoms with E-state index in [2.05, 4.69) is 17.7 Å². The van der Waals surface area contributed by atoms with Crippen molar-refractivity contribution in [1.82, 2.24) is 5.32 Å². The van der Waals surface area contributed by atoms with Gasteiger partial charge in [0.2, 0.25) is 0 Å². The van der Waals surface area contributed by atoms with Crippen molar-refractivity contribution in [3.8, 4) is 0 Å². The summed E-state index contributed by atoms with van der Waals surface area (Å²) in [5.74, 6) is 5.93. The highest BCUT2D eigenvalue weighted by Crippen LogP contribution is 2.33. The summed E-state index contributed by atoms with van der Waals surface area (Å²) in [6, 6.07) is 7.50. The number of hydrazine groups is 1. The fourth-order valence-electron chi connectivity index (χ4n) is 1.85. The molecule has 0 radical (unpaired) electrons. The number of carbonyl (C=O) groups is 1. The summed E-state index contributed by atoms with van der Waals surface area (Å²) in [5.41, 5.74) is 4.01. The Balaban J connectivity index is 1.93. The lowest BCUT2D eigenvalue weighted by Crippen LogP contribution is -2.26. The molecule has 0 spiro atoms. The van der Waals surface area contributed by atoms with E-state index in [0.29, 0.717) is 17.5 Å². The zero-order valence-electron chi connectivity index (χ0n) is 9.36. The van der Waals surface area contributed by atoms with Crippen molar-refractivity contribution in [2.24, 2.45) is 11.8 Å². The molecule has 86 valence electrons. The van der Waals surface area contributed by atoms with Crippen molar-refractivity contribution in [2.45, 2.75) is 25.8 Å². The maximum atomic E-state index is 11.8. The van der Waals surface area contributed by atoms with Gasteiger partial charge in [0.15, 0.2) is 0 Å². The number of carbonyl (C=O) groups excluding carboxylic acids is 1. The van der Waals surface area contributed by atoms with Crippen molar-refractivity contribution in [3.05, 3.63) is 29.8 Å². The lowest BCUT2D eigenvalue weighted by atomic mass is 10.2. The smallest absolute Gasteiger partial charge is 0.251 e. The number of benzene rings is 1. The first-order valence-corrected chi connectivity index (χ1v) is 5.62. The molecule has 16 heavy (non-hydrogen) atoms. The Morgan fingerprint density at radius 2 is 2.12 bits per heavy atom. The van der Waals surface area contributed by atoms with E-state index in [9.17, 15) is 4.79 Å². The maximum Gasteiger partial charge on any atom is 0.251 e. The third-order valence-corrected chi connectivity index (χ3v) is 3.08. The molecule has 4 nitrogen and oxygen atoms in total. The van der Waals surface area contributed by atoms with Crippen molar-refractivity contribution >= 4 is 11.6 Å². The van der Waals surface area contributed by atoms with E-state index in [-0.39, 0.29) is 5.91 Å². The molecule has 2 unspecified atom stereocenters. The molecule has 1 aromatic rings. The number of hydrogen-bond acceptors (Lipinski definition) is 3. The summed E-state index contributed by atoms with van der Waals surface area (Å²) in [5, 5.41) is 3.02. The molecule has 4 N–H and O–H groups in total. The van der Waals surface area contributed by atoms with Gasteiger partial charge in [-0.25, -0.2) is 0 Å². The Morgan fingerprint density at radius 3 is 2.62 bits per heavy atom. The number of nitrogens with two attached hydrogens (primary N) is 1. The fraction of sp³-hybridized carbons (Fsp3) is 0.417. The molecule has 1 aliphatic rings. The van der Waals surface area contributed by atoms with Crippen LogP contribution in [0.2, 0.25) is 0 Å². The van der Waals surface area contributed by atoms with Gasteiger partial charge in [0.25, 0.3) is 5.91 Å². The van der Waals surface area contributed by atoms with Gasteiger partial charge in [-0.15, -0.1) is 0 Å². The van der Waals surface area contributed by atoms with Gasteiger partial charge in [0.05, 0.1) is 0 Å². The van der Waals surface area contributed by atoms with Crippen LogP contribution in [0, 0.1) is 5.92 Å². The molecular formula is C12H17N3O. The van der Waals surface area contributed by atoms with Crippen LogP contribution in [-0.2, 0) is 0 Å². The van der Waals surface area contributed by atoms with Crippen LogP contribution in [0.3, 0.4) is 0 Å². The average Bonchev–Trinajstić information content (AvgIpc) is 3.07. The summed E-state index contributed by atoms with van der Waals surface area (Å²) >= 11 is 0. The Hall–Kier alpha value is -1.55. The largest absolute Gasteiger partial charge is 0.349 e. The molecule has 2 rings (SSSR count). The Morgan fingerprint density at radius 1 is 1.44 bits per heavy atom. The third-order valence-electron chi connectivity index (χ3n) is 3.08. The van der Waals surface area contributed by atoms with Crippen LogP contribution >= 0.6 is 0 Å². The summed E-state index contributed by atoms with van der Waals surface area (Å²) in [7, 11) is 0. The molecule has 1 amide bonds. The molecule has 2 atom stereocenters. The second-order valence-electron chi connectivity index (χ2n) is 4.21. The van der Waals surface area contributed by atoms with Crippen LogP contribution in [0.5, 0.6) is 0 Å². The molecule has 1 aliphatic carbocycles. The average molecular weight is 219 g/mol. The minimum absolute atomic E-state index is 0.00419. The van der Waals surface area contributed by atoms with Crippen molar-refractivity contribution in [3.63, 3.8) is 0 Å². The number of nitrogens with one attached hydrogen (secondary N) is 2. The normalized spacial score (nSPS) is 22.6. The van der Waals surface area contributed by atoms with E-state index in [4.69, 9.17) is 5.84 Å². The number of amides is 1. The second kappa shape index (κ2) is 4.53.